The van der Waals surface area contributed by atoms with Crippen molar-refractivity contribution in [3.05, 3.63) is 0 Å². The van der Waals surface area contributed by atoms with Gasteiger partial charge in [-0.15, -0.1) is 0 Å². The summed E-state index contributed by atoms with van der Waals surface area (Å²) in [5, 5.41) is 1.12. The summed E-state index contributed by atoms with van der Waals surface area (Å²) < 4.78 is 6.26. The third-order valence-corrected chi connectivity index (χ3v) is 5.86. The van der Waals surface area contributed by atoms with Crippen LogP contribution in [0.1, 0.15) is 59.3 Å². The van der Waals surface area contributed by atoms with Gasteiger partial charge in [-0.3, -0.25) is 0 Å². The Bertz CT molecular complexity index is 252. The van der Waals surface area contributed by atoms with Crippen LogP contribution < -0.4 is 0 Å². The van der Waals surface area contributed by atoms with Crippen LogP contribution in [-0.2, 0) is 4.74 Å². The molecule has 17 heavy (non-hydrogen) atoms. The van der Waals surface area contributed by atoms with Crippen LogP contribution in [0.4, 0.5) is 0 Å². The van der Waals surface area contributed by atoms with Crippen LogP contribution in [0, 0.1) is 16.7 Å². The lowest BCUT2D eigenvalue weighted by atomic mass is 9.70. The Hall–Kier alpha value is 0.440. The van der Waals surface area contributed by atoms with Crippen molar-refractivity contribution in [1.82, 2.24) is 0 Å². The summed E-state index contributed by atoms with van der Waals surface area (Å²) in [6.45, 7) is 8.14. The summed E-state index contributed by atoms with van der Waals surface area (Å²) in [5.41, 5.74) is 0.953. The minimum atomic E-state index is 0.476. The Labute approximate surface area is 115 Å². The van der Waals surface area contributed by atoms with Crippen molar-refractivity contribution in [3.8, 4) is 0 Å². The van der Waals surface area contributed by atoms with Gasteiger partial charge in [-0.05, 0) is 43.4 Å². The van der Waals surface area contributed by atoms with Crippen molar-refractivity contribution >= 4 is 15.9 Å². The minimum Gasteiger partial charge on any atom is -0.378 e. The molecule has 2 saturated carbocycles. The van der Waals surface area contributed by atoms with Crippen LogP contribution in [-0.4, -0.2) is 18.0 Å². The maximum absolute atomic E-state index is 6.26. The van der Waals surface area contributed by atoms with Gasteiger partial charge in [0.1, 0.15) is 0 Å². The molecule has 0 aromatic heterocycles. The molecule has 0 bridgehead atoms. The molecule has 2 rings (SSSR count). The third-order valence-electron chi connectivity index (χ3n) is 4.67. The molecule has 0 aromatic rings. The first kappa shape index (κ1) is 13.9. The fourth-order valence-corrected chi connectivity index (χ4v) is 4.40. The lowest BCUT2D eigenvalue weighted by Crippen LogP contribution is -2.40. The first-order valence-electron chi connectivity index (χ1n) is 7.12. The van der Waals surface area contributed by atoms with Crippen LogP contribution in [0.2, 0.25) is 0 Å². The average molecular weight is 303 g/mol. The molecule has 2 aliphatic carbocycles. The molecule has 0 aliphatic heterocycles. The molecule has 0 radical (unpaired) electrons. The van der Waals surface area contributed by atoms with Crippen LogP contribution in [0.25, 0.3) is 0 Å². The zero-order chi connectivity index (χ0) is 12.5. The highest BCUT2D eigenvalue weighted by atomic mass is 79.9. The summed E-state index contributed by atoms with van der Waals surface area (Å²) in [6, 6.07) is 0. The van der Waals surface area contributed by atoms with Crippen molar-refractivity contribution in [2.24, 2.45) is 16.7 Å². The van der Waals surface area contributed by atoms with E-state index in [1.165, 1.54) is 38.5 Å². The van der Waals surface area contributed by atoms with E-state index in [-0.39, 0.29) is 0 Å². The molecule has 2 heteroatoms. The molecule has 2 atom stereocenters. The van der Waals surface area contributed by atoms with E-state index in [1.54, 1.807) is 0 Å². The number of hydrogen-bond donors (Lipinski definition) is 0. The Morgan fingerprint density at radius 2 is 1.94 bits per heavy atom. The van der Waals surface area contributed by atoms with Crippen molar-refractivity contribution in [2.45, 2.75) is 65.4 Å². The van der Waals surface area contributed by atoms with Gasteiger partial charge in [0.2, 0.25) is 0 Å². The van der Waals surface area contributed by atoms with Gasteiger partial charge in [0.15, 0.2) is 0 Å². The predicted molar refractivity (Wildman–Crippen MR) is 76.6 cm³/mol. The second kappa shape index (κ2) is 5.21. The Morgan fingerprint density at radius 3 is 2.41 bits per heavy atom. The van der Waals surface area contributed by atoms with E-state index in [4.69, 9.17) is 4.74 Å². The fourth-order valence-electron chi connectivity index (χ4n) is 3.67. The molecule has 1 nitrogen and oxygen atoms in total. The van der Waals surface area contributed by atoms with Crippen LogP contribution >= 0.6 is 15.9 Å². The maximum atomic E-state index is 6.26. The highest BCUT2D eigenvalue weighted by molar-refractivity contribution is 9.09. The smallest absolute Gasteiger partial charge is 0.0583 e. The van der Waals surface area contributed by atoms with Crippen LogP contribution in [0.5, 0.6) is 0 Å². The quantitative estimate of drug-likeness (QED) is 0.679. The Morgan fingerprint density at radius 1 is 1.24 bits per heavy atom. The molecule has 2 fully saturated rings. The molecule has 0 aromatic carbocycles. The SMILES string of the molecule is CC1CC(OCC2(CBr)CCC2)CC(C)(C)C1. The lowest BCUT2D eigenvalue weighted by molar-refractivity contribution is -0.0719. The van der Waals surface area contributed by atoms with E-state index < -0.39 is 0 Å². The molecule has 2 unspecified atom stereocenters. The summed E-state index contributed by atoms with van der Waals surface area (Å²) in [4.78, 5) is 0. The molecular weight excluding hydrogens is 276 g/mol. The predicted octanol–water partition coefficient (Wildman–Crippen LogP) is 4.78. The number of hydrogen-bond acceptors (Lipinski definition) is 1. The van der Waals surface area contributed by atoms with Gasteiger partial charge < -0.3 is 4.74 Å². The van der Waals surface area contributed by atoms with E-state index in [1.807, 2.05) is 0 Å². The largest absolute Gasteiger partial charge is 0.378 e. The number of ether oxygens (including phenoxy) is 1. The third kappa shape index (κ3) is 3.47. The second-order valence-electron chi connectivity index (χ2n) is 7.33. The average Bonchev–Trinajstić information content (AvgIpc) is 2.13. The van der Waals surface area contributed by atoms with Gasteiger partial charge >= 0.3 is 0 Å². The van der Waals surface area contributed by atoms with Crippen LogP contribution in [0.15, 0.2) is 0 Å². The molecule has 0 saturated heterocycles. The van der Waals surface area contributed by atoms with E-state index in [9.17, 15) is 0 Å². The standard InChI is InChI=1S/C15H27BrO/c1-12-7-13(9-14(2,3)8-12)17-11-15(10-16)5-4-6-15/h12-13H,4-11H2,1-3H3. The van der Waals surface area contributed by atoms with Crippen molar-refractivity contribution in [1.29, 1.82) is 0 Å². The summed E-state index contributed by atoms with van der Waals surface area (Å²) in [7, 11) is 0. The topological polar surface area (TPSA) is 9.23 Å². The molecule has 2 aliphatic rings. The van der Waals surface area contributed by atoms with Gasteiger partial charge in [0, 0.05) is 10.7 Å². The normalized spacial score (nSPS) is 35.3. The lowest BCUT2D eigenvalue weighted by Gasteiger charge is -2.44. The summed E-state index contributed by atoms with van der Waals surface area (Å²) >= 11 is 3.66. The highest BCUT2D eigenvalue weighted by Gasteiger charge is 2.38. The number of halogens is 1. The van der Waals surface area contributed by atoms with Gasteiger partial charge in [-0.1, -0.05) is 43.1 Å². The monoisotopic (exact) mass is 302 g/mol. The van der Waals surface area contributed by atoms with E-state index in [0.717, 1.165) is 17.9 Å². The first-order valence-corrected chi connectivity index (χ1v) is 8.24. The van der Waals surface area contributed by atoms with Gasteiger partial charge in [0.25, 0.3) is 0 Å². The number of rotatable bonds is 4. The van der Waals surface area contributed by atoms with Gasteiger partial charge in [-0.25, -0.2) is 0 Å². The minimum absolute atomic E-state index is 0.476. The second-order valence-corrected chi connectivity index (χ2v) is 7.89. The van der Waals surface area contributed by atoms with Gasteiger partial charge in [-0.2, -0.15) is 0 Å². The zero-order valence-corrected chi connectivity index (χ0v) is 13.2. The molecule has 0 N–H and O–H groups in total. The van der Waals surface area contributed by atoms with E-state index in [0.29, 0.717) is 16.9 Å². The molecule has 100 valence electrons. The van der Waals surface area contributed by atoms with E-state index >= 15 is 0 Å². The molecule has 0 spiro atoms. The van der Waals surface area contributed by atoms with Gasteiger partial charge in [0.05, 0.1) is 12.7 Å². The summed E-state index contributed by atoms with van der Waals surface area (Å²) in [5.74, 6) is 0.824. The first-order chi connectivity index (χ1) is 7.95. The molecule has 0 heterocycles. The van der Waals surface area contributed by atoms with Crippen molar-refractivity contribution < 1.29 is 4.74 Å². The van der Waals surface area contributed by atoms with Crippen molar-refractivity contribution in [2.75, 3.05) is 11.9 Å². The summed E-state index contributed by atoms with van der Waals surface area (Å²) in [6.07, 6.45) is 8.47. The van der Waals surface area contributed by atoms with Crippen molar-refractivity contribution in [3.63, 3.8) is 0 Å². The number of alkyl halides is 1. The van der Waals surface area contributed by atoms with Crippen LogP contribution in [0.3, 0.4) is 0 Å². The highest BCUT2D eigenvalue weighted by Crippen LogP contribution is 2.44. The molecular formula is C15H27BrO. The maximum Gasteiger partial charge on any atom is 0.0583 e. The molecule has 0 amide bonds. The fraction of sp³-hybridized carbons (Fsp3) is 1.00. The Balaban J connectivity index is 1.82. The Kier molecular flexibility index (Phi) is 4.24. The van der Waals surface area contributed by atoms with E-state index in [2.05, 4.69) is 36.7 Å². The zero-order valence-electron chi connectivity index (χ0n) is 11.6.